The first-order chi connectivity index (χ1) is 12.7. The van der Waals surface area contributed by atoms with E-state index < -0.39 is 47.0 Å². The van der Waals surface area contributed by atoms with Gasteiger partial charge in [0.05, 0.1) is 23.6 Å². The van der Waals surface area contributed by atoms with Crippen molar-refractivity contribution in [2.75, 3.05) is 4.90 Å². The Balaban J connectivity index is 1.82. The topological polar surface area (TPSA) is 70.0 Å². The number of benzene rings is 1. The van der Waals surface area contributed by atoms with Crippen molar-refractivity contribution in [1.82, 2.24) is 5.01 Å². The Kier molecular flexibility index (Phi) is 3.80. The lowest BCUT2D eigenvalue weighted by molar-refractivity contribution is -0.136. The van der Waals surface area contributed by atoms with E-state index in [9.17, 15) is 18.8 Å². The molecule has 7 heteroatoms. The van der Waals surface area contributed by atoms with Gasteiger partial charge in [-0.2, -0.15) is 5.10 Å². The van der Waals surface area contributed by atoms with E-state index in [0.717, 1.165) is 4.90 Å². The van der Waals surface area contributed by atoms with Gasteiger partial charge in [0.2, 0.25) is 11.8 Å². The molecule has 3 aliphatic rings. The average Bonchev–Trinajstić information content (AvgIpc) is 3.08. The average molecular weight is 369 g/mol. The molecule has 4 atom stereocenters. The minimum atomic E-state index is -0.881. The third kappa shape index (κ3) is 2.44. The van der Waals surface area contributed by atoms with Gasteiger partial charge in [-0.15, -0.1) is 0 Å². The number of carbonyl (C=O) groups excluding carboxylic acids is 3. The maximum atomic E-state index is 14.3. The lowest BCUT2D eigenvalue weighted by atomic mass is 9.80. The monoisotopic (exact) mass is 369 g/mol. The molecule has 2 fully saturated rings. The first-order valence-electron chi connectivity index (χ1n) is 8.89. The van der Waals surface area contributed by atoms with Gasteiger partial charge < -0.3 is 0 Å². The van der Waals surface area contributed by atoms with Gasteiger partial charge >= 0.3 is 0 Å². The predicted octanol–water partition coefficient (Wildman–Crippen LogP) is 2.15. The van der Waals surface area contributed by atoms with Crippen LogP contribution in [-0.4, -0.2) is 40.9 Å². The summed E-state index contributed by atoms with van der Waals surface area (Å²) in [5.74, 6) is -3.49. The van der Waals surface area contributed by atoms with E-state index in [4.69, 9.17) is 0 Å². The van der Waals surface area contributed by atoms with Crippen molar-refractivity contribution in [1.29, 1.82) is 0 Å². The largest absolute Gasteiger partial charge is 0.297 e. The molecule has 3 heterocycles. The summed E-state index contributed by atoms with van der Waals surface area (Å²) in [6, 6.07) is 4.33. The Labute approximate surface area is 156 Å². The van der Waals surface area contributed by atoms with Crippen molar-refractivity contribution in [2.45, 2.75) is 32.9 Å². The summed E-state index contributed by atoms with van der Waals surface area (Å²) < 4.78 is 14.3. The molecule has 1 aromatic carbocycles. The summed E-state index contributed by atoms with van der Waals surface area (Å²) in [6.45, 7) is 5.32. The van der Waals surface area contributed by atoms with E-state index in [1.165, 1.54) is 18.2 Å². The standard InChI is InChI=1S/C20H20FN3O3/c1-20(2,3)17(25)16-15-14(13-9-6-10-22-24(13)16)18(26)23(19(15)27)12-8-5-4-7-11(12)21/h4-10,13-16H,1-3H3. The minimum absolute atomic E-state index is 0.0707. The van der Waals surface area contributed by atoms with Crippen molar-refractivity contribution in [3.63, 3.8) is 0 Å². The zero-order valence-corrected chi connectivity index (χ0v) is 15.3. The Hall–Kier alpha value is -2.83. The highest BCUT2D eigenvalue weighted by atomic mass is 19.1. The molecular weight excluding hydrogens is 349 g/mol. The third-order valence-electron chi connectivity index (χ3n) is 5.39. The molecule has 0 radical (unpaired) electrons. The number of halogens is 1. The second-order valence-corrected chi connectivity index (χ2v) is 8.09. The Morgan fingerprint density at radius 3 is 2.44 bits per heavy atom. The normalized spacial score (nSPS) is 29.3. The number of ketones is 1. The molecule has 2 amide bonds. The number of amides is 2. The molecule has 0 N–H and O–H groups in total. The molecular formula is C20H20FN3O3. The Morgan fingerprint density at radius 2 is 1.78 bits per heavy atom. The van der Waals surface area contributed by atoms with Crippen LogP contribution in [0.2, 0.25) is 0 Å². The molecule has 1 aromatic rings. The van der Waals surface area contributed by atoms with Gasteiger partial charge in [-0.3, -0.25) is 19.4 Å². The number of imide groups is 1. The molecule has 4 rings (SSSR count). The summed E-state index contributed by atoms with van der Waals surface area (Å²) in [5, 5.41) is 5.84. The number of rotatable bonds is 2. The second-order valence-electron chi connectivity index (χ2n) is 8.09. The van der Waals surface area contributed by atoms with Crippen LogP contribution in [0.1, 0.15) is 20.8 Å². The highest BCUT2D eigenvalue weighted by molar-refractivity contribution is 6.24. The third-order valence-corrected chi connectivity index (χ3v) is 5.39. The highest BCUT2D eigenvalue weighted by Crippen LogP contribution is 2.47. The van der Waals surface area contributed by atoms with Crippen molar-refractivity contribution in [3.05, 3.63) is 42.2 Å². The fourth-order valence-electron chi connectivity index (χ4n) is 4.15. The first-order valence-corrected chi connectivity index (χ1v) is 8.89. The second kappa shape index (κ2) is 5.84. The molecule has 0 bridgehead atoms. The van der Waals surface area contributed by atoms with E-state index in [1.54, 1.807) is 50.2 Å². The fourth-order valence-corrected chi connectivity index (χ4v) is 4.15. The van der Waals surface area contributed by atoms with E-state index in [1.807, 2.05) is 0 Å². The van der Waals surface area contributed by atoms with Gasteiger partial charge in [0.15, 0.2) is 5.78 Å². The number of hydrogen-bond acceptors (Lipinski definition) is 5. The van der Waals surface area contributed by atoms with Crippen molar-refractivity contribution >= 4 is 29.5 Å². The smallest absolute Gasteiger partial charge is 0.240 e. The number of para-hydroxylation sites is 1. The number of allylic oxidation sites excluding steroid dienone is 1. The predicted molar refractivity (Wildman–Crippen MR) is 97.4 cm³/mol. The van der Waals surface area contributed by atoms with Gasteiger partial charge in [0.25, 0.3) is 0 Å². The van der Waals surface area contributed by atoms with Gasteiger partial charge in [0, 0.05) is 11.6 Å². The Morgan fingerprint density at radius 1 is 1.11 bits per heavy atom. The summed E-state index contributed by atoms with van der Waals surface area (Å²) in [4.78, 5) is 40.4. The number of hydrogen-bond donors (Lipinski definition) is 0. The fraction of sp³-hybridized carbons (Fsp3) is 0.400. The van der Waals surface area contributed by atoms with Crippen molar-refractivity contribution in [3.8, 4) is 0 Å². The van der Waals surface area contributed by atoms with Gasteiger partial charge in [-0.1, -0.05) is 39.0 Å². The molecule has 0 saturated carbocycles. The van der Waals surface area contributed by atoms with Crippen LogP contribution >= 0.6 is 0 Å². The van der Waals surface area contributed by atoms with E-state index in [2.05, 4.69) is 5.10 Å². The SMILES string of the molecule is CC(C)(C)C(=O)C1C2C(=O)N(c3ccccc3F)C(=O)C2C2C=CC=NN21. The molecule has 0 aromatic heterocycles. The van der Waals surface area contributed by atoms with Crippen LogP contribution in [0.25, 0.3) is 0 Å². The van der Waals surface area contributed by atoms with E-state index in [0.29, 0.717) is 0 Å². The molecule has 140 valence electrons. The van der Waals surface area contributed by atoms with Gasteiger partial charge in [-0.05, 0) is 18.2 Å². The number of Topliss-reactive ketones (excluding diaryl/α,β-unsaturated/α-hetero) is 1. The van der Waals surface area contributed by atoms with Crippen LogP contribution < -0.4 is 4.90 Å². The number of carbonyl (C=O) groups is 3. The van der Waals surface area contributed by atoms with Gasteiger partial charge in [-0.25, -0.2) is 9.29 Å². The number of nitrogens with zero attached hydrogens (tertiary/aromatic N) is 3. The first kappa shape index (κ1) is 17.6. The number of anilines is 1. The van der Waals surface area contributed by atoms with Crippen LogP contribution in [0.4, 0.5) is 10.1 Å². The highest BCUT2D eigenvalue weighted by Gasteiger charge is 2.65. The Bertz CT molecular complexity index is 902. The van der Waals surface area contributed by atoms with E-state index >= 15 is 0 Å². The van der Waals surface area contributed by atoms with Crippen LogP contribution in [0.5, 0.6) is 0 Å². The van der Waals surface area contributed by atoms with Crippen LogP contribution in [-0.2, 0) is 14.4 Å². The minimum Gasteiger partial charge on any atom is -0.297 e. The lowest BCUT2D eigenvalue weighted by Crippen LogP contribution is -2.49. The van der Waals surface area contributed by atoms with Crippen LogP contribution in [0.3, 0.4) is 0 Å². The summed E-state index contributed by atoms with van der Waals surface area (Å²) in [7, 11) is 0. The maximum Gasteiger partial charge on any atom is 0.240 e. The van der Waals surface area contributed by atoms with Crippen molar-refractivity contribution in [2.24, 2.45) is 22.4 Å². The number of hydrazone groups is 1. The number of fused-ring (bicyclic) bond motifs is 3. The summed E-state index contributed by atoms with van der Waals surface area (Å²) >= 11 is 0. The quantitative estimate of drug-likeness (QED) is 0.749. The molecule has 0 aliphatic carbocycles. The van der Waals surface area contributed by atoms with Crippen LogP contribution in [0.15, 0.2) is 41.5 Å². The molecule has 3 aliphatic heterocycles. The van der Waals surface area contributed by atoms with Gasteiger partial charge in [0.1, 0.15) is 11.9 Å². The van der Waals surface area contributed by atoms with Crippen molar-refractivity contribution < 1.29 is 18.8 Å². The zero-order chi connectivity index (χ0) is 19.5. The van der Waals surface area contributed by atoms with E-state index in [-0.39, 0.29) is 11.5 Å². The summed E-state index contributed by atoms with van der Waals surface area (Å²) in [5.41, 5.74) is -0.783. The maximum absolute atomic E-state index is 14.3. The molecule has 0 spiro atoms. The molecule has 27 heavy (non-hydrogen) atoms. The van der Waals surface area contributed by atoms with Crippen LogP contribution in [0, 0.1) is 23.1 Å². The lowest BCUT2D eigenvalue weighted by Gasteiger charge is -2.33. The molecule has 4 unspecified atom stereocenters. The zero-order valence-electron chi connectivity index (χ0n) is 15.3. The summed E-state index contributed by atoms with van der Waals surface area (Å²) in [6.07, 6.45) is 5.02. The molecule has 6 nitrogen and oxygen atoms in total. The molecule has 2 saturated heterocycles.